The molecule has 2 aromatic rings. The number of aromatic nitrogens is 1. The number of anilines is 1. The molecule has 2 nitrogen and oxygen atoms in total. The second kappa shape index (κ2) is 4.39. The summed E-state index contributed by atoms with van der Waals surface area (Å²) < 4.78 is 12.9. The maximum absolute atomic E-state index is 12.9. The van der Waals surface area contributed by atoms with Crippen molar-refractivity contribution in [1.82, 2.24) is 4.98 Å². The SMILES string of the molecule is Cl.Nc1ccc(F)cc1-c1nccs1. The number of halogens is 2. The highest BCUT2D eigenvalue weighted by molar-refractivity contribution is 7.13. The molecule has 1 aromatic carbocycles. The van der Waals surface area contributed by atoms with E-state index >= 15 is 0 Å². The lowest BCUT2D eigenvalue weighted by molar-refractivity contribution is 0.628. The Labute approximate surface area is 91.0 Å². The maximum Gasteiger partial charge on any atom is 0.125 e. The number of benzene rings is 1. The first kappa shape index (κ1) is 10.9. The van der Waals surface area contributed by atoms with Crippen LogP contribution in [0.15, 0.2) is 29.8 Å². The lowest BCUT2D eigenvalue weighted by Crippen LogP contribution is -1.90. The first-order valence-corrected chi connectivity index (χ1v) is 4.60. The van der Waals surface area contributed by atoms with Gasteiger partial charge >= 0.3 is 0 Å². The third-order valence-corrected chi connectivity index (χ3v) is 2.48. The van der Waals surface area contributed by atoms with E-state index in [0.29, 0.717) is 11.3 Å². The second-order valence-corrected chi connectivity index (χ2v) is 3.46. The van der Waals surface area contributed by atoms with Gasteiger partial charge in [-0.1, -0.05) is 0 Å². The molecular formula is C9H8ClFN2S. The Hall–Kier alpha value is -1.13. The fourth-order valence-corrected chi connectivity index (χ4v) is 1.75. The maximum atomic E-state index is 12.9. The van der Waals surface area contributed by atoms with E-state index in [1.54, 1.807) is 12.3 Å². The Balaban J connectivity index is 0.000000980. The van der Waals surface area contributed by atoms with Crippen molar-refractivity contribution in [2.45, 2.75) is 0 Å². The highest BCUT2D eigenvalue weighted by atomic mass is 35.5. The lowest BCUT2D eigenvalue weighted by Gasteiger charge is -2.00. The first-order chi connectivity index (χ1) is 6.27. The minimum absolute atomic E-state index is 0. The zero-order valence-corrected chi connectivity index (χ0v) is 8.74. The monoisotopic (exact) mass is 230 g/mol. The van der Waals surface area contributed by atoms with Crippen LogP contribution in [-0.2, 0) is 0 Å². The van der Waals surface area contributed by atoms with Gasteiger partial charge in [0.15, 0.2) is 0 Å². The molecule has 0 radical (unpaired) electrons. The van der Waals surface area contributed by atoms with Gasteiger partial charge in [-0.2, -0.15) is 0 Å². The third kappa shape index (κ3) is 2.02. The van der Waals surface area contributed by atoms with Crippen LogP contribution in [0.3, 0.4) is 0 Å². The van der Waals surface area contributed by atoms with Crippen LogP contribution in [0.2, 0.25) is 0 Å². The van der Waals surface area contributed by atoms with Gasteiger partial charge in [0.05, 0.1) is 0 Å². The molecule has 0 saturated heterocycles. The summed E-state index contributed by atoms with van der Waals surface area (Å²) in [5.74, 6) is -0.292. The Kier molecular flexibility index (Phi) is 3.43. The van der Waals surface area contributed by atoms with Crippen molar-refractivity contribution in [1.29, 1.82) is 0 Å². The summed E-state index contributed by atoms with van der Waals surface area (Å²) in [5, 5.41) is 2.58. The Morgan fingerprint density at radius 2 is 2.14 bits per heavy atom. The van der Waals surface area contributed by atoms with Crippen molar-refractivity contribution in [2.75, 3.05) is 5.73 Å². The van der Waals surface area contributed by atoms with Gasteiger partial charge in [0.25, 0.3) is 0 Å². The molecule has 0 fully saturated rings. The van der Waals surface area contributed by atoms with Crippen LogP contribution >= 0.6 is 23.7 Å². The molecule has 14 heavy (non-hydrogen) atoms. The van der Waals surface area contributed by atoms with E-state index < -0.39 is 0 Å². The van der Waals surface area contributed by atoms with Crippen molar-refractivity contribution in [2.24, 2.45) is 0 Å². The van der Waals surface area contributed by atoms with E-state index in [0.717, 1.165) is 5.01 Å². The highest BCUT2D eigenvalue weighted by Crippen LogP contribution is 2.27. The molecule has 0 aliphatic rings. The van der Waals surface area contributed by atoms with Crippen molar-refractivity contribution in [3.05, 3.63) is 35.6 Å². The molecule has 0 aliphatic heterocycles. The van der Waals surface area contributed by atoms with Crippen LogP contribution in [0.1, 0.15) is 0 Å². The number of hydrogen-bond acceptors (Lipinski definition) is 3. The zero-order chi connectivity index (χ0) is 9.26. The summed E-state index contributed by atoms with van der Waals surface area (Å²) in [6, 6.07) is 4.28. The van der Waals surface area contributed by atoms with Crippen molar-refractivity contribution in [3.8, 4) is 10.6 Å². The quantitative estimate of drug-likeness (QED) is 0.765. The standard InChI is InChI=1S/C9H7FN2S.ClH/c10-6-1-2-8(11)7(5-6)9-12-3-4-13-9;/h1-5H,11H2;1H. The Morgan fingerprint density at radius 3 is 2.79 bits per heavy atom. The second-order valence-electron chi connectivity index (χ2n) is 2.57. The summed E-state index contributed by atoms with van der Waals surface area (Å²) >= 11 is 1.44. The number of nitrogens with zero attached hydrogens (tertiary/aromatic N) is 1. The lowest BCUT2D eigenvalue weighted by atomic mass is 10.2. The number of nitrogens with two attached hydrogens (primary N) is 1. The molecule has 0 atom stereocenters. The van der Waals surface area contributed by atoms with Gasteiger partial charge in [0.1, 0.15) is 10.8 Å². The molecule has 0 aliphatic carbocycles. The normalized spacial score (nSPS) is 9.50. The van der Waals surface area contributed by atoms with Crippen LogP contribution in [0.4, 0.5) is 10.1 Å². The summed E-state index contributed by atoms with van der Waals surface area (Å²) in [7, 11) is 0. The van der Waals surface area contributed by atoms with Crippen LogP contribution in [0.25, 0.3) is 10.6 Å². The summed E-state index contributed by atoms with van der Waals surface area (Å²) in [6.45, 7) is 0. The molecule has 2 N–H and O–H groups in total. The van der Waals surface area contributed by atoms with Gasteiger partial charge in [-0.3, -0.25) is 0 Å². The average molecular weight is 231 g/mol. The fraction of sp³-hybridized carbons (Fsp3) is 0. The minimum Gasteiger partial charge on any atom is -0.398 e. The Morgan fingerprint density at radius 1 is 1.36 bits per heavy atom. The van der Waals surface area contributed by atoms with Gasteiger partial charge in [-0.25, -0.2) is 9.37 Å². The highest BCUT2D eigenvalue weighted by Gasteiger charge is 2.05. The molecule has 74 valence electrons. The number of nitrogen functional groups attached to an aromatic ring is 1. The van der Waals surface area contributed by atoms with Crippen LogP contribution in [0, 0.1) is 5.82 Å². The van der Waals surface area contributed by atoms with E-state index in [4.69, 9.17) is 5.73 Å². The molecule has 0 bridgehead atoms. The van der Waals surface area contributed by atoms with E-state index in [9.17, 15) is 4.39 Å². The average Bonchev–Trinajstić information content (AvgIpc) is 2.61. The molecule has 2 rings (SSSR count). The van der Waals surface area contributed by atoms with E-state index in [1.165, 1.54) is 23.5 Å². The van der Waals surface area contributed by atoms with E-state index in [1.807, 2.05) is 5.38 Å². The summed E-state index contributed by atoms with van der Waals surface area (Å²) in [5.41, 5.74) is 6.89. The number of rotatable bonds is 1. The van der Waals surface area contributed by atoms with Crippen LogP contribution in [-0.4, -0.2) is 4.98 Å². The molecule has 0 amide bonds. The third-order valence-electron chi connectivity index (χ3n) is 1.68. The van der Waals surface area contributed by atoms with Gasteiger partial charge in [-0.05, 0) is 18.2 Å². The minimum atomic E-state index is -0.292. The number of hydrogen-bond donors (Lipinski definition) is 1. The number of thiazole rings is 1. The molecule has 1 aromatic heterocycles. The molecule has 0 spiro atoms. The van der Waals surface area contributed by atoms with Crippen molar-refractivity contribution >= 4 is 29.4 Å². The molecule has 5 heteroatoms. The van der Waals surface area contributed by atoms with Gasteiger partial charge in [-0.15, -0.1) is 23.7 Å². The summed E-state index contributed by atoms with van der Waals surface area (Å²) in [6.07, 6.45) is 1.67. The molecule has 1 heterocycles. The first-order valence-electron chi connectivity index (χ1n) is 3.72. The smallest absolute Gasteiger partial charge is 0.125 e. The predicted molar refractivity (Wildman–Crippen MR) is 59.2 cm³/mol. The molecular weight excluding hydrogens is 223 g/mol. The van der Waals surface area contributed by atoms with Gasteiger partial charge < -0.3 is 5.73 Å². The van der Waals surface area contributed by atoms with Gasteiger partial charge in [0, 0.05) is 22.8 Å². The fourth-order valence-electron chi connectivity index (χ4n) is 1.07. The van der Waals surface area contributed by atoms with E-state index in [2.05, 4.69) is 4.98 Å². The molecule has 0 unspecified atom stereocenters. The Bertz CT molecular complexity index is 417. The van der Waals surface area contributed by atoms with Gasteiger partial charge in [0.2, 0.25) is 0 Å². The molecule has 0 saturated carbocycles. The van der Waals surface area contributed by atoms with Crippen LogP contribution in [0.5, 0.6) is 0 Å². The largest absolute Gasteiger partial charge is 0.398 e. The van der Waals surface area contributed by atoms with Crippen LogP contribution < -0.4 is 5.73 Å². The predicted octanol–water partition coefficient (Wildman–Crippen LogP) is 2.95. The zero-order valence-electron chi connectivity index (χ0n) is 7.11. The summed E-state index contributed by atoms with van der Waals surface area (Å²) in [4.78, 5) is 4.06. The van der Waals surface area contributed by atoms with E-state index in [-0.39, 0.29) is 18.2 Å². The van der Waals surface area contributed by atoms with Crippen molar-refractivity contribution in [3.63, 3.8) is 0 Å². The van der Waals surface area contributed by atoms with Crippen molar-refractivity contribution < 1.29 is 4.39 Å². The topological polar surface area (TPSA) is 38.9 Å².